The Kier molecular flexibility index (Phi) is 4.76. The Balaban J connectivity index is 2.90. The first-order valence-electron chi connectivity index (χ1n) is 4.45. The molecule has 0 aromatic carbocycles. The van der Waals surface area contributed by atoms with E-state index < -0.39 is 31.4 Å². The molecule has 0 unspecified atom stereocenters. The van der Waals surface area contributed by atoms with Crippen molar-refractivity contribution in [2.75, 3.05) is 22.5 Å². The van der Waals surface area contributed by atoms with E-state index in [0.717, 1.165) is 12.6 Å². The molecule has 102 valence electrons. The zero-order valence-electron chi connectivity index (χ0n) is 9.09. The summed E-state index contributed by atoms with van der Waals surface area (Å²) in [6.07, 6.45) is 2.01. The average molecular weight is 334 g/mol. The number of sulfone groups is 1. The summed E-state index contributed by atoms with van der Waals surface area (Å²) in [6, 6.07) is 0. The fraction of sp³-hybridized carbons (Fsp3) is 0.429. The molecule has 0 spiro atoms. The summed E-state index contributed by atoms with van der Waals surface area (Å²) < 4.78 is 47.0. The molecule has 1 aromatic heterocycles. The zero-order valence-corrected chi connectivity index (χ0v) is 12.2. The third kappa shape index (κ3) is 4.92. The van der Waals surface area contributed by atoms with Crippen LogP contribution in [0.5, 0.6) is 0 Å². The first kappa shape index (κ1) is 15.4. The van der Waals surface area contributed by atoms with Gasteiger partial charge in [-0.2, -0.15) is 0 Å². The molecule has 0 saturated heterocycles. The molecule has 1 N–H and O–H groups in total. The molecule has 0 aliphatic rings. The molecule has 1 rings (SSSR count). The van der Waals surface area contributed by atoms with Crippen molar-refractivity contribution in [3.05, 3.63) is 16.6 Å². The third-order valence-electron chi connectivity index (χ3n) is 1.74. The van der Waals surface area contributed by atoms with Crippen LogP contribution < -0.4 is 4.72 Å². The molecule has 7 nitrogen and oxygen atoms in total. The minimum atomic E-state index is -3.89. The van der Waals surface area contributed by atoms with Crippen molar-refractivity contribution in [1.29, 1.82) is 0 Å². The second-order valence-electron chi connectivity index (χ2n) is 3.38. The van der Waals surface area contributed by atoms with Crippen LogP contribution in [0.2, 0.25) is 10.3 Å². The second kappa shape index (κ2) is 5.55. The van der Waals surface area contributed by atoms with E-state index in [1.54, 1.807) is 0 Å². The van der Waals surface area contributed by atoms with Gasteiger partial charge in [-0.15, -0.1) is 0 Å². The maximum Gasteiger partial charge on any atom is 0.233 e. The molecule has 0 aliphatic carbocycles. The lowest BCUT2D eigenvalue weighted by Crippen LogP contribution is -2.23. The van der Waals surface area contributed by atoms with E-state index in [1.165, 1.54) is 0 Å². The van der Waals surface area contributed by atoms with Crippen molar-refractivity contribution in [3.63, 3.8) is 0 Å². The van der Waals surface area contributed by atoms with E-state index in [1.807, 2.05) is 4.72 Å². The number of nitrogens with one attached hydrogen (secondary N) is 1. The highest BCUT2D eigenvalue weighted by Crippen LogP contribution is 2.26. The number of hydrogen-bond acceptors (Lipinski definition) is 6. The Morgan fingerprint density at radius 2 is 1.61 bits per heavy atom. The lowest BCUT2D eigenvalue weighted by molar-refractivity contribution is 0.593. The predicted octanol–water partition coefficient (Wildman–Crippen LogP) is 0.570. The molecule has 0 bridgehead atoms. The SMILES string of the molecule is CS(=O)(=O)CCS(=O)(=O)Nc1c(Cl)ncnc1Cl. The van der Waals surface area contributed by atoms with Crippen LogP contribution in [0.4, 0.5) is 5.69 Å². The fourth-order valence-electron chi connectivity index (χ4n) is 0.896. The molecule has 0 aliphatic heterocycles. The van der Waals surface area contributed by atoms with Crippen molar-refractivity contribution in [2.24, 2.45) is 0 Å². The Labute approximate surface area is 115 Å². The number of rotatable bonds is 5. The monoisotopic (exact) mass is 333 g/mol. The first-order chi connectivity index (χ1) is 8.11. The van der Waals surface area contributed by atoms with Gasteiger partial charge in [-0.05, 0) is 0 Å². The van der Waals surface area contributed by atoms with Crippen molar-refractivity contribution >= 4 is 48.7 Å². The highest BCUT2D eigenvalue weighted by molar-refractivity contribution is 7.95. The molecule has 0 saturated carbocycles. The normalized spacial score (nSPS) is 12.4. The highest BCUT2D eigenvalue weighted by atomic mass is 35.5. The van der Waals surface area contributed by atoms with Gasteiger partial charge in [0.15, 0.2) is 10.3 Å². The molecule has 1 heterocycles. The van der Waals surface area contributed by atoms with Crippen LogP contribution in [0.3, 0.4) is 0 Å². The molecule has 0 fully saturated rings. The van der Waals surface area contributed by atoms with Gasteiger partial charge in [0.2, 0.25) is 10.0 Å². The lowest BCUT2D eigenvalue weighted by atomic mass is 10.6. The minimum absolute atomic E-state index is 0.169. The van der Waals surface area contributed by atoms with Gasteiger partial charge >= 0.3 is 0 Å². The van der Waals surface area contributed by atoms with Gasteiger partial charge < -0.3 is 0 Å². The summed E-state index contributed by atoms with van der Waals surface area (Å²) in [5, 5.41) is -0.337. The molecular weight excluding hydrogens is 325 g/mol. The van der Waals surface area contributed by atoms with Crippen LogP contribution >= 0.6 is 23.2 Å². The maximum atomic E-state index is 11.6. The standard InChI is InChI=1S/C7H9Cl2N3O4S2/c1-17(13,14)2-3-18(15,16)12-5-6(8)10-4-11-7(5)9/h4,12H,2-3H2,1H3. The quantitative estimate of drug-likeness (QED) is 0.789. The van der Waals surface area contributed by atoms with E-state index in [0.29, 0.717) is 0 Å². The maximum absolute atomic E-state index is 11.6. The number of anilines is 1. The van der Waals surface area contributed by atoms with E-state index in [4.69, 9.17) is 23.2 Å². The van der Waals surface area contributed by atoms with Gasteiger partial charge in [0.1, 0.15) is 21.9 Å². The summed E-state index contributed by atoms with van der Waals surface area (Å²) in [7, 11) is -7.28. The van der Waals surface area contributed by atoms with E-state index >= 15 is 0 Å². The van der Waals surface area contributed by atoms with Gasteiger partial charge in [-0.1, -0.05) is 23.2 Å². The fourth-order valence-corrected chi connectivity index (χ4v) is 4.11. The number of hydrogen-bond donors (Lipinski definition) is 1. The van der Waals surface area contributed by atoms with Gasteiger partial charge in [-0.25, -0.2) is 26.8 Å². The van der Waals surface area contributed by atoms with Crippen LogP contribution in [0.25, 0.3) is 0 Å². The van der Waals surface area contributed by atoms with Gasteiger partial charge in [0.05, 0.1) is 11.5 Å². The summed E-state index contributed by atoms with van der Waals surface area (Å²) in [4.78, 5) is 7.12. The number of sulfonamides is 1. The molecular formula is C7H9Cl2N3O4S2. The van der Waals surface area contributed by atoms with E-state index in [9.17, 15) is 16.8 Å². The first-order valence-corrected chi connectivity index (χ1v) is 8.92. The van der Waals surface area contributed by atoms with Crippen LogP contribution in [0.1, 0.15) is 0 Å². The zero-order chi connectivity index (χ0) is 14.0. The molecule has 0 radical (unpaired) electrons. The summed E-state index contributed by atoms with van der Waals surface area (Å²) in [5.41, 5.74) is -0.172. The average Bonchev–Trinajstić information content (AvgIpc) is 2.20. The number of nitrogens with zero attached hydrogens (tertiary/aromatic N) is 2. The Morgan fingerprint density at radius 1 is 1.11 bits per heavy atom. The van der Waals surface area contributed by atoms with Crippen LogP contribution in [0.15, 0.2) is 6.33 Å². The van der Waals surface area contributed by atoms with Crippen LogP contribution in [-0.2, 0) is 19.9 Å². The van der Waals surface area contributed by atoms with E-state index in [2.05, 4.69) is 9.97 Å². The third-order valence-corrected chi connectivity index (χ3v) is 4.77. The number of halogens is 2. The summed E-state index contributed by atoms with van der Waals surface area (Å²) in [5.74, 6) is -1.11. The predicted molar refractivity (Wildman–Crippen MR) is 69.2 cm³/mol. The molecule has 0 amide bonds. The van der Waals surface area contributed by atoms with E-state index in [-0.39, 0.29) is 16.0 Å². The summed E-state index contributed by atoms with van der Waals surface area (Å²) in [6.45, 7) is 0. The van der Waals surface area contributed by atoms with Gasteiger partial charge in [0, 0.05) is 6.26 Å². The summed E-state index contributed by atoms with van der Waals surface area (Å²) >= 11 is 11.3. The molecule has 0 atom stereocenters. The van der Waals surface area contributed by atoms with Crippen LogP contribution in [-0.4, -0.2) is 44.6 Å². The minimum Gasteiger partial charge on any atom is -0.278 e. The van der Waals surface area contributed by atoms with Gasteiger partial charge in [0.25, 0.3) is 0 Å². The van der Waals surface area contributed by atoms with Crippen molar-refractivity contribution < 1.29 is 16.8 Å². The largest absolute Gasteiger partial charge is 0.278 e. The molecule has 11 heteroatoms. The Hall–Kier alpha value is -0.640. The van der Waals surface area contributed by atoms with Crippen molar-refractivity contribution in [3.8, 4) is 0 Å². The second-order valence-corrected chi connectivity index (χ2v) is 8.20. The van der Waals surface area contributed by atoms with Gasteiger partial charge in [-0.3, -0.25) is 4.72 Å². The topological polar surface area (TPSA) is 106 Å². The molecule has 18 heavy (non-hydrogen) atoms. The Bertz CT molecular complexity index is 624. The lowest BCUT2D eigenvalue weighted by Gasteiger charge is -2.09. The van der Waals surface area contributed by atoms with Crippen molar-refractivity contribution in [1.82, 2.24) is 9.97 Å². The van der Waals surface area contributed by atoms with Crippen molar-refractivity contribution in [2.45, 2.75) is 0 Å². The Morgan fingerprint density at radius 3 is 2.06 bits per heavy atom. The number of aromatic nitrogens is 2. The van der Waals surface area contributed by atoms with Crippen LogP contribution in [0, 0.1) is 0 Å². The smallest absolute Gasteiger partial charge is 0.233 e. The highest BCUT2D eigenvalue weighted by Gasteiger charge is 2.18. The molecule has 1 aromatic rings.